The van der Waals surface area contributed by atoms with Crippen molar-refractivity contribution < 1.29 is 52.0 Å². The first-order valence-corrected chi connectivity index (χ1v) is 12.1. The smallest absolute Gasteiger partial charge is 0.414 e. The van der Waals surface area contributed by atoms with E-state index in [0.717, 1.165) is 17.4 Å². The first-order chi connectivity index (χ1) is 17.0. The summed E-state index contributed by atoms with van der Waals surface area (Å²) in [6.45, 7) is 3.46. The van der Waals surface area contributed by atoms with Gasteiger partial charge in [-0.3, -0.25) is 9.69 Å². The maximum Gasteiger partial charge on any atom is 0.414 e. The van der Waals surface area contributed by atoms with Crippen LogP contribution in [0.4, 0.5) is 14.9 Å². The average molecular weight is 672 g/mol. The van der Waals surface area contributed by atoms with Gasteiger partial charge in [0, 0.05) is 25.2 Å². The predicted molar refractivity (Wildman–Crippen MR) is 134 cm³/mol. The number of anilines is 1. The van der Waals surface area contributed by atoms with Crippen LogP contribution < -0.4 is 43.5 Å². The Labute approximate surface area is 235 Å². The van der Waals surface area contributed by atoms with E-state index in [1.165, 1.54) is 29.2 Å². The van der Waals surface area contributed by atoms with Gasteiger partial charge in [-0.25, -0.2) is 13.8 Å². The topological polar surface area (TPSA) is 71.8 Å². The first kappa shape index (κ1) is 29.5. The Kier molecular flexibility index (Phi) is 12.6. The van der Waals surface area contributed by atoms with Crippen molar-refractivity contribution in [2.24, 2.45) is 0 Å². The van der Waals surface area contributed by atoms with Crippen molar-refractivity contribution >= 4 is 33.6 Å². The number of ether oxygens (including phenoxy) is 2. The van der Waals surface area contributed by atoms with E-state index in [1.807, 2.05) is 29.0 Å². The summed E-state index contributed by atoms with van der Waals surface area (Å²) in [5.41, 5.74) is 1.18. The molecule has 1 N–H and O–H groups in total. The Bertz CT molecular complexity index is 1120. The zero-order valence-corrected chi connectivity index (χ0v) is 23.6. The number of rotatable bonds is 11. The summed E-state index contributed by atoms with van der Waals surface area (Å²) >= 11 is 3.44. The van der Waals surface area contributed by atoms with Crippen LogP contribution in [0.2, 0.25) is 0 Å². The minimum Gasteiger partial charge on any atom is -1.00 e. The van der Waals surface area contributed by atoms with Crippen LogP contribution in [0, 0.1) is 5.82 Å². The van der Waals surface area contributed by atoms with Crippen molar-refractivity contribution in [2.45, 2.75) is 19.9 Å². The highest BCUT2D eigenvalue weighted by atomic mass is 127. The number of pyridine rings is 1. The Morgan fingerprint density at radius 3 is 2.47 bits per heavy atom. The van der Waals surface area contributed by atoms with Crippen LogP contribution in [0.5, 0.6) is 5.75 Å². The molecule has 0 saturated carbocycles. The number of hydrogen-bond donors (Lipinski definition) is 1. The third-order valence-corrected chi connectivity index (χ3v) is 5.37. The summed E-state index contributed by atoms with van der Waals surface area (Å²) in [4.78, 5) is 26.9. The number of aryl methyl sites for hydroxylation is 1. The summed E-state index contributed by atoms with van der Waals surface area (Å²) in [6.07, 6.45) is 4.11. The van der Waals surface area contributed by atoms with Gasteiger partial charge in [0.05, 0.1) is 4.47 Å². The van der Waals surface area contributed by atoms with Crippen molar-refractivity contribution in [2.75, 3.05) is 31.2 Å². The molecule has 0 bridgehead atoms. The number of carbonyl (C=O) groups is 2. The normalized spacial score (nSPS) is 10.2. The van der Waals surface area contributed by atoms with Crippen LogP contribution in [-0.2, 0) is 11.3 Å². The van der Waals surface area contributed by atoms with Gasteiger partial charge >= 0.3 is 6.09 Å². The standard InChI is InChI=1S/C26H27BrFN3O4.HI/c1-2-13-30-18-20(17-21(27)19-30)25(32)29-12-14-31(23-6-4-3-5-7-23)26(33)35-16-15-34-24-10-8-22(28)9-11-24;/h3-11,17-19H,2,12-16H2,1H3;1H. The number of amides is 2. The van der Waals surface area contributed by atoms with E-state index in [9.17, 15) is 14.0 Å². The van der Waals surface area contributed by atoms with Gasteiger partial charge < -0.3 is 38.8 Å². The number of halogens is 3. The van der Waals surface area contributed by atoms with Gasteiger partial charge in [-0.15, -0.1) is 0 Å². The fourth-order valence-corrected chi connectivity index (χ4v) is 3.83. The van der Waals surface area contributed by atoms with E-state index in [2.05, 4.69) is 28.2 Å². The summed E-state index contributed by atoms with van der Waals surface area (Å²) < 4.78 is 26.6. The van der Waals surface area contributed by atoms with Crippen LogP contribution in [0.25, 0.3) is 0 Å². The maximum atomic E-state index is 13.0. The Hall–Kier alpha value is -2.73. The predicted octanol–water partition coefficient (Wildman–Crippen LogP) is 1.74. The van der Waals surface area contributed by atoms with Gasteiger partial charge in [0.1, 0.15) is 36.9 Å². The molecule has 0 saturated heterocycles. The van der Waals surface area contributed by atoms with E-state index in [0.29, 0.717) is 17.0 Å². The molecule has 7 nitrogen and oxygen atoms in total. The maximum absolute atomic E-state index is 13.0. The highest BCUT2D eigenvalue weighted by molar-refractivity contribution is 9.10. The quantitative estimate of drug-likeness (QED) is 0.192. The molecule has 10 heteroatoms. The lowest BCUT2D eigenvalue weighted by atomic mass is 10.2. The molecular weight excluding hydrogens is 644 g/mol. The molecule has 2 amide bonds. The first-order valence-electron chi connectivity index (χ1n) is 11.3. The lowest BCUT2D eigenvalue weighted by Gasteiger charge is -2.22. The molecule has 2 aromatic carbocycles. The monoisotopic (exact) mass is 671 g/mol. The zero-order valence-electron chi connectivity index (χ0n) is 19.8. The van der Waals surface area contributed by atoms with Crippen LogP contribution in [0.3, 0.4) is 0 Å². The van der Waals surface area contributed by atoms with E-state index >= 15 is 0 Å². The number of carbonyl (C=O) groups excluding carboxylic acids is 2. The van der Waals surface area contributed by atoms with Gasteiger partial charge in [0.15, 0.2) is 12.4 Å². The van der Waals surface area contributed by atoms with Crippen molar-refractivity contribution in [3.63, 3.8) is 0 Å². The molecule has 0 unspecified atom stereocenters. The van der Waals surface area contributed by atoms with Gasteiger partial charge in [0.2, 0.25) is 0 Å². The molecule has 0 aliphatic carbocycles. The summed E-state index contributed by atoms with van der Waals surface area (Å²) in [5.74, 6) is -0.0995. The minimum absolute atomic E-state index is 0. The lowest BCUT2D eigenvalue weighted by Crippen LogP contribution is -3.00. The zero-order chi connectivity index (χ0) is 25.0. The molecule has 3 rings (SSSR count). The van der Waals surface area contributed by atoms with Crippen molar-refractivity contribution in [1.29, 1.82) is 0 Å². The number of para-hydroxylation sites is 1. The largest absolute Gasteiger partial charge is 1.00 e. The minimum atomic E-state index is -0.559. The molecule has 0 fully saturated rings. The fraction of sp³-hybridized carbons (Fsp3) is 0.269. The van der Waals surface area contributed by atoms with E-state index in [1.54, 1.807) is 24.4 Å². The Morgan fingerprint density at radius 1 is 1.06 bits per heavy atom. The highest BCUT2D eigenvalue weighted by Gasteiger charge is 2.18. The molecule has 0 aliphatic rings. The Morgan fingerprint density at radius 2 is 1.78 bits per heavy atom. The fourth-order valence-electron chi connectivity index (χ4n) is 3.32. The van der Waals surface area contributed by atoms with Gasteiger partial charge in [0.25, 0.3) is 5.91 Å². The third-order valence-electron chi connectivity index (χ3n) is 4.93. The molecule has 1 aromatic heterocycles. The van der Waals surface area contributed by atoms with Crippen molar-refractivity contribution in [3.05, 3.63) is 88.9 Å². The summed E-state index contributed by atoms with van der Waals surface area (Å²) in [7, 11) is 0. The molecule has 0 spiro atoms. The van der Waals surface area contributed by atoms with E-state index in [4.69, 9.17) is 9.47 Å². The average Bonchev–Trinajstić information content (AvgIpc) is 2.85. The van der Waals surface area contributed by atoms with Gasteiger partial charge in [-0.2, -0.15) is 0 Å². The summed E-state index contributed by atoms with van der Waals surface area (Å²) in [5, 5.41) is 2.87. The molecule has 36 heavy (non-hydrogen) atoms. The second kappa shape index (κ2) is 15.4. The number of aromatic nitrogens is 1. The molecule has 1 heterocycles. The number of hydrogen-bond acceptors (Lipinski definition) is 4. The number of nitrogens with zero attached hydrogens (tertiary/aromatic N) is 2. The number of nitrogens with one attached hydrogen (secondary N) is 1. The second-order valence-corrected chi connectivity index (χ2v) is 8.56. The highest BCUT2D eigenvalue weighted by Crippen LogP contribution is 2.15. The SMILES string of the molecule is CCC[n+]1cc(Br)cc(C(=O)NCCN(C(=O)OCCOc2ccc(F)cc2)c2ccccc2)c1.[I-]. The number of benzene rings is 2. The molecular formula is C26H28BrFIN3O4. The van der Waals surface area contributed by atoms with Crippen LogP contribution in [-0.4, -0.2) is 38.3 Å². The molecule has 0 atom stereocenters. The van der Waals surface area contributed by atoms with E-state index in [-0.39, 0.29) is 62.0 Å². The van der Waals surface area contributed by atoms with Crippen molar-refractivity contribution in [3.8, 4) is 5.75 Å². The molecule has 3 aromatic rings. The third kappa shape index (κ3) is 9.38. The molecule has 0 radical (unpaired) electrons. The van der Waals surface area contributed by atoms with Gasteiger partial charge in [-0.1, -0.05) is 25.1 Å². The second-order valence-electron chi connectivity index (χ2n) is 7.64. The van der Waals surface area contributed by atoms with Crippen LogP contribution >= 0.6 is 15.9 Å². The molecule has 192 valence electrons. The summed E-state index contributed by atoms with van der Waals surface area (Å²) in [6, 6.07) is 16.4. The van der Waals surface area contributed by atoms with Gasteiger partial charge in [-0.05, 0) is 58.4 Å². The van der Waals surface area contributed by atoms with E-state index < -0.39 is 6.09 Å². The van der Waals surface area contributed by atoms with Crippen LogP contribution in [0.1, 0.15) is 23.7 Å². The van der Waals surface area contributed by atoms with Crippen molar-refractivity contribution in [1.82, 2.24) is 5.32 Å². The molecule has 0 aliphatic heterocycles. The Balaban J connectivity index is 0.00000456. The lowest BCUT2D eigenvalue weighted by molar-refractivity contribution is -0.697. The van der Waals surface area contributed by atoms with Crippen LogP contribution in [0.15, 0.2) is 77.5 Å².